The van der Waals surface area contributed by atoms with Crippen LogP contribution in [0.5, 0.6) is 0 Å². The van der Waals surface area contributed by atoms with E-state index in [4.69, 9.17) is 0 Å². The van der Waals surface area contributed by atoms with Crippen LogP contribution in [0.25, 0.3) is 0 Å². The predicted molar refractivity (Wildman–Crippen MR) is 83.1 cm³/mol. The number of hydrogen-bond acceptors (Lipinski definition) is 0. The predicted octanol–water partition coefficient (Wildman–Crippen LogP) is 5.98. The molecule has 19 heavy (non-hydrogen) atoms. The summed E-state index contributed by atoms with van der Waals surface area (Å²) in [7, 11) is 0. The Labute approximate surface area is 120 Å². The van der Waals surface area contributed by atoms with Gasteiger partial charge in [0.05, 0.1) is 0 Å². The van der Waals surface area contributed by atoms with E-state index in [0.717, 1.165) is 29.6 Å². The Morgan fingerprint density at radius 2 is 1.84 bits per heavy atom. The van der Waals surface area contributed by atoms with Crippen molar-refractivity contribution in [1.82, 2.24) is 0 Å². The summed E-state index contributed by atoms with van der Waals surface area (Å²) in [5.74, 6) is 4.91. The summed E-state index contributed by atoms with van der Waals surface area (Å²) in [6.45, 7) is 7.34. The molecule has 0 radical (unpaired) electrons. The maximum absolute atomic E-state index is 2.51. The summed E-state index contributed by atoms with van der Waals surface area (Å²) in [6, 6.07) is 0. The van der Waals surface area contributed by atoms with Crippen LogP contribution in [-0.4, -0.2) is 0 Å². The molecule has 3 aliphatic rings. The van der Waals surface area contributed by atoms with Crippen LogP contribution in [0.4, 0.5) is 0 Å². The molecule has 5 atom stereocenters. The molecule has 0 amide bonds. The van der Waals surface area contributed by atoms with Crippen molar-refractivity contribution in [3.05, 3.63) is 11.1 Å². The van der Waals surface area contributed by atoms with E-state index in [9.17, 15) is 0 Å². The third-order valence-electron chi connectivity index (χ3n) is 6.32. The van der Waals surface area contributed by atoms with Crippen LogP contribution in [0, 0.1) is 29.6 Å². The molecule has 0 saturated heterocycles. The van der Waals surface area contributed by atoms with E-state index >= 15 is 0 Å². The lowest BCUT2D eigenvalue weighted by Gasteiger charge is -2.43. The van der Waals surface area contributed by atoms with Gasteiger partial charge in [-0.05, 0) is 55.3 Å². The minimum Gasteiger partial charge on any atom is -0.0654 e. The molecule has 5 unspecified atom stereocenters. The summed E-state index contributed by atoms with van der Waals surface area (Å²) < 4.78 is 0. The Hall–Kier alpha value is -0.260. The molecule has 1 fully saturated rings. The SMILES string of the molecule is CCCCC1C2=C3C(CCCC(C)CCC31)CC2C. The second-order valence-corrected chi connectivity index (χ2v) is 7.71. The van der Waals surface area contributed by atoms with Crippen LogP contribution < -0.4 is 0 Å². The van der Waals surface area contributed by atoms with Crippen LogP contribution >= 0.6 is 0 Å². The van der Waals surface area contributed by atoms with Crippen LogP contribution in [0.3, 0.4) is 0 Å². The first-order chi connectivity index (χ1) is 9.22. The highest BCUT2D eigenvalue weighted by atomic mass is 14.5. The molecule has 3 aliphatic carbocycles. The maximum Gasteiger partial charge on any atom is -0.0132 e. The van der Waals surface area contributed by atoms with Crippen molar-refractivity contribution in [2.75, 3.05) is 0 Å². The molecule has 0 bridgehead atoms. The van der Waals surface area contributed by atoms with Gasteiger partial charge >= 0.3 is 0 Å². The second-order valence-electron chi connectivity index (χ2n) is 7.71. The summed E-state index contributed by atoms with van der Waals surface area (Å²) in [5, 5.41) is 0. The smallest absolute Gasteiger partial charge is 0.0132 e. The zero-order valence-electron chi connectivity index (χ0n) is 13.3. The van der Waals surface area contributed by atoms with Crippen LogP contribution in [0.2, 0.25) is 0 Å². The lowest BCUT2D eigenvalue weighted by Crippen LogP contribution is -2.32. The first-order valence-electron chi connectivity index (χ1n) is 8.96. The third kappa shape index (κ3) is 2.41. The van der Waals surface area contributed by atoms with Crippen LogP contribution in [0.15, 0.2) is 11.1 Å². The van der Waals surface area contributed by atoms with Crippen molar-refractivity contribution < 1.29 is 0 Å². The lowest BCUT2D eigenvalue weighted by atomic mass is 9.62. The Morgan fingerprint density at radius 3 is 2.63 bits per heavy atom. The van der Waals surface area contributed by atoms with Gasteiger partial charge in [0, 0.05) is 0 Å². The number of unbranched alkanes of at least 4 members (excludes halogenated alkanes) is 1. The first kappa shape index (κ1) is 13.7. The highest BCUT2D eigenvalue weighted by molar-refractivity contribution is 5.40. The molecule has 1 saturated carbocycles. The van der Waals surface area contributed by atoms with E-state index in [2.05, 4.69) is 20.8 Å². The molecule has 0 aliphatic heterocycles. The number of allylic oxidation sites excluding steroid dienone is 2. The zero-order valence-corrected chi connectivity index (χ0v) is 13.3. The standard InChI is InChI=1S/C19H32/c1-4-5-9-16-17-11-10-13(2)7-6-8-15-12-14(3)18(16)19(15)17/h13-17H,4-12H2,1-3H3. The highest BCUT2D eigenvalue weighted by Crippen LogP contribution is 2.60. The molecule has 0 spiro atoms. The fourth-order valence-electron chi connectivity index (χ4n) is 5.37. The molecule has 0 nitrogen and oxygen atoms in total. The maximum atomic E-state index is 2.51. The van der Waals surface area contributed by atoms with Gasteiger partial charge in [-0.1, -0.05) is 64.0 Å². The summed E-state index contributed by atoms with van der Waals surface area (Å²) in [6.07, 6.45) is 13.3. The topological polar surface area (TPSA) is 0 Å². The van der Waals surface area contributed by atoms with Gasteiger partial charge in [-0.2, -0.15) is 0 Å². The van der Waals surface area contributed by atoms with Crippen LogP contribution in [-0.2, 0) is 0 Å². The van der Waals surface area contributed by atoms with E-state index in [1.54, 1.807) is 0 Å². The van der Waals surface area contributed by atoms with Crippen molar-refractivity contribution in [3.63, 3.8) is 0 Å². The molecule has 0 heteroatoms. The van der Waals surface area contributed by atoms with E-state index < -0.39 is 0 Å². The van der Waals surface area contributed by atoms with E-state index in [1.165, 1.54) is 57.8 Å². The third-order valence-corrected chi connectivity index (χ3v) is 6.32. The second kappa shape index (κ2) is 5.62. The molecule has 0 aromatic carbocycles. The fraction of sp³-hybridized carbons (Fsp3) is 0.895. The molecule has 108 valence electrons. The quantitative estimate of drug-likeness (QED) is 0.548. The van der Waals surface area contributed by atoms with Crippen molar-refractivity contribution in [3.8, 4) is 0 Å². The van der Waals surface area contributed by atoms with Gasteiger partial charge in [-0.25, -0.2) is 0 Å². The Kier molecular flexibility index (Phi) is 4.06. The van der Waals surface area contributed by atoms with Crippen molar-refractivity contribution >= 4 is 0 Å². The molecule has 0 N–H and O–H groups in total. The highest BCUT2D eigenvalue weighted by Gasteiger charge is 2.48. The molecular weight excluding hydrogens is 228 g/mol. The van der Waals surface area contributed by atoms with Crippen molar-refractivity contribution in [2.45, 2.75) is 78.6 Å². The van der Waals surface area contributed by atoms with Gasteiger partial charge in [0.1, 0.15) is 0 Å². The minimum absolute atomic E-state index is 0.926. The average Bonchev–Trinajstić information content (AvgIpc) is 2.64. The summed E-state index contributed by atoms with van der Waals surface area (Å²) >= 11 is 0. The van der Waals surface area contributed by atoms with Gasteiger partial charge < -0.3 is 0 Å². The van der Waals surface area contributed by atoms with Gasteiger partial charge in [0.2, 0.25) is 0 Å². The summed E-state index contributed by atoms with van der Waals surface area (Å²) in [5.41, 5.74) is 3.95. The molecule has 0 aromatic heterocycles. The van der Waals surface area contributed by atoms with Gasteiger partial charge in [-0.15, -0.1) is 0 Å². The van der Waals surface area contributed by atoms with Gasteiger partial charge in [0.15, 0.2) is 0 Å². The molecule has 0 heterocycles. The van der Waals surface area contributed by atoms with Gasteiger partial charge in [-0.3, -0.25) is 0 Å². The van der Waals surface area contributed by atoms with Crippen LogP contribution in [0.1, 0.15) is 78.6 Å². The number of hydrogen-bond donors (Lipinski definition) is 0. The Morgan fingerprint density at radius 1 is 1.00 bits per heavy atom. The molecule has 0 aromatic rings. The fourth-order valence-corrected chi connectivity index (χ4v) is 5.37. The van der Waals surface area contributed by atoms with Crippen molar-refractivity contribution in [2.24, 2.45) is 29.6 Å². The lowest BCUT2D eigenvalue weighted by molar-refractivity contribution is 0.281. The zero-order chi connectivity index (χ0) is 13.4. The van der Waals surface area contributed by atoms with E-state index in [1.807, 2.05) is 11.1 Å². The first-order valence-corrected chi connectivity index (χ1v) is 8.96. The summed E-state index contributed by atoms with van der Waals surface area (Å²) in [4.78, 5) is 0. The largest absolute Gasteiger partial charge is 0.0654 e. The van der Waals surface area contributed by atoms with Gasteiger partial charge in [0.25, 0.3) is 0 Å². The minimum atomic E-state index is 0.926. The molecular formula is C19H32. The monoisotopic (exact) mass is 260 g/mol. The number of rotatable bonds is 3. The normalized spacial score (nSPS) is 42.2. The Bertz CT molecular complexity index is 351. The molecule has 3 rings (SSSR count). The van der Waals surface area contributed by atoms with E-state index in [0.29, 0.717) is 0 Å². The average molecular weight is 260 g/mol. The van der Waals surface area contributed by atoms with E-state index in [-0.39, 0.29) is 0 Å². The Balaban J connectivity index is 1.79. The van der Waals surface area contributed by atoms with Crippen molar-refractivity contribution in [1.29, 1.82) is 0 Å².